The van der Waals surface area contributed by atoms with Gasteiger partial charge in [-0.25, -0.2) is 9.59 Å². The Balaban J connectivity index is 2.36. The number of aliphatic hydroxyl groups excluding tert-OH is 1. The van der Waals surface area contributed by atoms with Gasteiger partial charge >= 0.3 is 12.1 Å². The molecule has 0 heterocycles. The second kappa shape index (κ2) is 7.85. The predicted octanol–water partition coefficient (Wildman–Crippen LogP) is -0.180. The Hall–Kier alpha value is -2.61. The van der Waals surface area contributed by atoms with Crippen molar-refractivity contribution in [1.29, 1.82) is 0 Å². The zero-order chi connectivity index (χ0) is 15.8. The molecule has 0 aliphatic carbocycles. The van der Waals surface area contributed by atoms with Crippen LogP contribution in [-0.4, -0.2) is 40.5 Å². The van der Waals surface area contributed by atoms with Gasteiger partial charge in [0, 0.05) is 0 Å². The average molecular weight is 296 g/mol. The maximum Gasteiger partial charge on any atom is 0.408 e. The van der Waals surface area contributed by atoms with Crippen LogP contribution in [0.5, 0.6) is 0 Å². The molecule has 0 aromatic heterocycles. The molecule has 21 heavy (non-hydrogen) atoms. The van der Waals surface area contributed by atoms with Crippen LogP contribution in [0.3, 0.4) is 0 Å². The molecule has 2 amide bonds. The van der Waals surface area contributed by atoms with Gasteiger partial charge in [0.05, 0.1) is 0 Å². The lowest BCUT2D eigenvalue weighted by molar-refractivity contribution is -0.151. The number of hydrogen-bond donors (Lipinski definition) is 4. The molecule has 8 nitrogen and oxygen atoms in total. The van der Waals surface area contributed by atoms with E-state index in [4.69, 9.17) is 14.9 Å². The van der Waals surface area contributed by atoms with E-state index in [0.29, 0.717) is 0 Å². The Kier molecular flexibility index (Phi) is 6.15. The third-order valence-corrected chi connectivity index (χ3v) is 2.45. The first kappa shape index (κ1) is 16.4. The SMILES string of the molecule is CC(NC(=O)OCc1ccccc1)C(=O)NC(O)C(=O)O. The molecule has 0 saturated carbocycles. The van der Waals surface area contributed by atoms with Gasteiger partial charge in [0.25, 0.3) is 0 Å². The van der Waals surface area contributed by atoms with Crippen molar-refractivity contribution in [3.63, 3.8) is 0 Å². The molecule has 1 rings (SSSR count). The van der Waals surface area contributed by atoms with Gasteiger partial charge in [-0.2, -0.15) is 0 Å². The molecule has 0 aliphatic heterocycles. The van der Waals surface area contributed by atoms with Crippen molar-refractivity contribution in [2.45, 2.75) is 25.8 Å². The zero-order valence-electron chi connectivity index (χ0n) is 11.3. The molecule has 0 radical (unpaired) electrons. The Labute approximate surface area is 120 Å². The molecule has 0 spiro atoms. The average Bonchev–Trinajstić information content (AvgIpc) is 2.45. The number of carbonyl (C=O) groups is 3. The molecule has 0 fully saturated rings. The van der Waals surface area contributed by atoms with Gasteiger partial charge in [0.2, 0.25) is 12.1 Å². The number of aliphatic carboxylic acids is 1. The summed E-state index contributed by atoms with van der Waals surface area (Å²) in [5.74, 6) is -2.44. The molecule has 2 atom stereocenters. The lowest BCUT2D eigenvalue weighted by Crippen LogP contribution is -2.50. The Morgan fingerprint density at radius 2 is 1.81 bits per heavy atom. The quantitative estimate of drug-likeness (QED) is 0.540. The second-order valence-corrected chi connectivity index (χ2v) is 4.18. The fraction of sp³-hybridized carbons (Fsp3) is 0.308. The molecule has 0 bridgehead atoms. The van der Waals surface area contributed by atoms with E-state index in [1.165, 1.54) is 6.92 Å². The monoisotopic (exact) mass is 296 g/mol. The van der Waals surface area contributed by atoms with Crippen LogP contribution >= 0.6 is 0 Å². The van der Waals surface area contributed by atoms with E-state index in [2.05, 4.69) is 5.32 Å². The van der Waals surface area contributed by atoms with Crippen LogP contribution in [0.15, 0.2) is 30.3 Å². The maximum atomic E-state index is 11.5. The summed E-state index contributed by atoms with van der Waals surface area (Å²) >= 11 is 0. The lowest BCUT2D eigenvalue weighted by Gasteiger charge is -2.15. The highest BCUT2D eigenvalue weighted by molar-refractivity contribution is 5.88. The summed E-state index contributed by atoms with van der Waals surface area (Å²) in [5, 5.41) is 21.4. The van der Waals surface area contributed by atoms with Crippen LogP contribution in [-0.2, 0) is 20.9 Å². The number of carbonyl (C=O) groups excluding carboxylic acids is 2. The van der Waals surface area contributed by atoms with E-state index in [1.54, 1.807) is 29.6 Å². The number of amides is 2. The highest BCUT2D eigenvalue weighted by Crippen LogP contribution is 2.00. The van der Waals surface area contributed by atoms with Crippen molar-refractivity contribution in [3.8, 4) is 0 Å². The van der Waals surface area contributed by atoms with Crippen LogP contribution in [0.4, 0.5) is 4.79 Å². The number of carboxylic acids is 1. The standard InChI is InChI=1S/C13H16N2O6/c1-8(10(16)15-11(17)12(18)19)14-13(20)21-7-9-5-3-2-4-6-9/h2-6,8,11,17H,7H2,1H3,(H,14,20)(H,15,16)(H,18,19). The van der Waals surface area contributed by atoms with E-state index < -0.39 is 30.2 Å². The molecular formula is C13H16N2O6. The normalized spacial score (nSPS) is 12.9. The first-order chi connectivity index (χ1) is 9.90. The third-order valence-electron chi connectivity index (χ3n) is 2.45. The van der Waals surface area contributed by atoms with Crippen LogP contribution in [0.25, 0.3) is 0 Å². The third kappa shape index (κ3) is 5.91. The molecule has 4 N–H and O–H groups in total. The Morgan fingerprint density at radius 1 is 1.19 bits per heavy atom. The van der Waals surface area contributed by atoms with Crippen molar-refractivity contribution >= 4 is 18.0 Å². The number of hydrogen-bond acceptors (Lipinski definition) is 5. The first-order valence-electron chi connectivity index (χ1n) is 6.08. The molecule has 1 aromatic carbocycles. The van der Waals surface area contributed by atoms with Gasteiger partial charge < -0.3 is 25.6 Å². The number of alkyl carbamates (subject to hydrolysis) is 1. The highest BCUT2D eigenvalue weighted by atomic mass is 16.5. The minimum atomic E-state index is -2.03. The van der Waals surface area contributed by atoms with E-state index in [-0.39, 0.29) is 6.61 Å². The number of benzene rings is 1. The summed E-state index contributed by atoms with van der Waals surface area (Å²) in [5.41, 5.74) is 0.783. The molecular weight excluding hydrogens is 280 g/mol. The summed E-state index contributed by atoms with van der Waals surface area (Å²) in [7, 11) is 0. The van der Waals surface area contributed by atoms with Crippen molar-refractivity contribution in [2.24, 2.45) is 0 Å². The van der Waals surface area contributed by atoms with Gasteiger partial charge in [-0.1, -0.05) is 30.3 Å². The van der Waals surface area contributed by atoms with E-state index >= 15 is 0 Å². The van der Waals surface area contributed by atoms with Gasteiger partial charge in [-0.05, 0) is 12.5 Å². The first-order valence-corrected chi connectivity index (χ1v) is 6.08. The van der Waals surface area contributed by atoms with Crippen LogP contribution in [0, 0.1) is 0 Å². The lowest BCUT2D eigenvalue weighted by atomic mass is 10.2. The van der Waals surface area contributed by atoms with Gasteiger partial charge in [0.1, 0.15) is 12.6 Å². The maximum absolute atomic E-state index is 11.5. The molecule has 0 saturated heterocycles. The zero-order valence-corrected chi connectivity index (χ0v) is 11.3. The minimum absolute atomic E-state index is 0.0404. The van der Waals surface area contributed by atoms with Crippen molar-refractivity contribution in [3.05, 3.63) is 35.9 Å². The topological polar surface area (TPSA) is 125 Å². The van der Waals surface area contributed by atoms with Crippen LogP contribution in [0.1, 0.15) is 12.5 Å². The summed E-state index contributed by atoms with van der Waals surface area (Å²) in [6, 6.07) is 7.89. The molecule has 0 aliphatic rings. The number of nitrogens with one attached hydrogen (secondary N) is 2. The number of ether oxygens (including phenoxy) is 1. The smallest absolute Gasteiger partial charge is 0.408 e. The summed E-state index contributed by atoms with van der Waals surface area (Å²) < 4.78 is 4.89. The van der Waals surface area contributed by atoms with Gasteiger partial charge in [-0.15, -0.1) is 0 Å². The highest BCUT2D eigenvalue weighted by Gasteiger charge is 2.21. The van der Waals surface area contributed by atoms with E-state index in [0.717, 1.165) is 5.56 Å². The van der Waals surface area contributed by atoms with Crippen LogP contribution < -0.4 is 10.6 Å². The number of carboxylic acid groups (broad SMARTS) is 1. The van der Waals surface area contributed by atoms with Crippen molar-refractivity contribution < 1.29 is 29.3 Å². The largest absolute Gasteiger partial charge is 0.478 e. The Morgan fingerprint density at radius 3 is 2.38 bits per heavy atom. The summed E-state index contributed by atoms with van der Waals surface area (Å²) in [4.78, 5) is 33.3. The molecule has 2 unspecified atom stereocenters. The fourth-order valence-electron chi connectivity index (χ4n) is 1.33. The summed E-state index contributed by atoms with van der Waals surface area (Å²) in [6.07, 6.45) is -2.85. The van der Waals surface area contributed by atoms with Crippen molar-refractivity contribution in [1.82, 2.24) is 10.6 Å². The predicted molar refractivity (Wildman–Crippen MR) is 71.0 cm³/mol. The number of aliphatic hydroxyl groups is 1. The second-order valence-electron chi connectivity index (χ2n) is 4.18. The van der Waals surface area contributed by atoms with E-state index in [9.17, 15) is 14.4 Å². The summed E-state index contributed by atoms with van der Waals surface area (Å²) in [6.45, 7) is 1.37. The van der Waals surface area contributed by atoms with Crippen molar-refractivity contribution in [2.75, 3.05) is 0 Å². The molecule has 8 heteroatoms. The van der Waals surface area contributed by atoms with Gasteiger partial charge in [0.15, 0.2) is 0 Å². The van der Waals surface area contributed by atoms with E-state index in [1.807, 2.05) is 6.07 Å². The minimum Gasteiger partial charge on any atom is -0.478 e. The Bertz CT molecular complexity index is 505. The van der Waals surface area contributed by atoms with Crippen LogP contribution in [0.2, 0.25) is 0 Å². The molecule has 114 valence electrons. The molecule has 1 aromatic rings. The van der Waals surface area contributed by atoms with Gasteiger partial charge in [-0.3, -0.25) is 4.79 Å². The number of rotatable bonds is 6. The fourth-order valence-corrected chi connectivity index (χ4v) is 1.33.